The molecule has 0 aliphatic heterocycles. The molecule has 0 aliphatic rings. The van der Waals surface area contributed by atoms with Crippen LogP contribution in [0.2, 0.25) is 0 Å². The molecule has 0 fully saturated rings. The van der Waals surface area contributed by atoms with E-state index in [0.717, 1.165) is 5.75 Å². The Hall–Kier alpha value is -4.10. The number of benzene rings is 5. The predicted molar refractivity (Wildman–Crippen MR) is 145 cm³/mol. The summed E-state index contributed by atoms with van der Waals surface area (Å²) in [5.74, 6) is 1.09. The van der Waals surface area contributed by atoms with Gasteiger partial charge in [-0.3, -0.25) is 0 Å². The summed E-state index contributed by atoms with van der Waals surface area (Å²) in [5, 5.41) is 0. The lowest BCUT2D eigenvalue weighted by Crippen LogP contribution is -2.11. The largest absolute Gasteiger partial charge is 0.496 e. The van der Waals surface area contributed by atoms with E-state index in [2.05, 4.69) is 140 Å². The van der Waals surface area contributed by atoms with E-state index in [-0.39, 0.29) is 11.8 Å². The Balaban J connectivity index is 1.78. The molecule has 35 heavy (non-hydrogen) atoms. The molecule has 1 nitrogen and oxygen atoms in total. The normalized spacial score (nSPS) is 11.1. The maximum atomic E-state index is 6.28. The maximum absolute atomic E-state index is 6.28. The van der Waals surface area contributed by atoms with E-state index >= 15 is 0 Å². The fourth-order valence-corrected chi connectivity index (χ4v) is 5.18. The standard InChI is InChI=1S/C34H30O/c1-25-23-30(32(26-15-7-3-8-16-26)27-17-9-4-10-18-27)34(35-2)31(24-25)33(28-19-11-5-12-20-28)29-21-13-6-14-22-29/h3-24,32-33H,1-2H3. The van der Waals surface area contributed by atoms with E-state index in [4.69, 9.17) is 4.74 Å². The molecule has 0 saturated heterocycles. The molecule has 0 bridgehead atoms. The SMILES string of the molecule is COc1c(C(c2ccccc2)c2ccccc2)cc(C)cc1C(c1ccccc1)c1ccccc1. The number of hydrogen-bond acceptors (Lipinski definition) is 1. The van der Waals surface area contributed by atoms with Gasteiger partial charge in [0.1, 0.15) is 5.75 Å². The van der Waals surface area contributed by atoms with Gasteiger partial charge < -0.3 is 4.74 Å². The van der Waals surface area contributed by atoms with Crippen molar-refractivity contribution in [3.8, 4) is 5.75 Å². The van der Waals surface area contributed by atoms with Crippen LogP contribution in [-0.4, -0.2) is 7.11 Å². The molecule has 5 aromatic rings. The van der Waals surface area contributed by atoms with Crippen molar-refractivity contribution in [2.45, 2.75) is 18.8 Å². The Kier molecular flexibility index (Phi) is 6.77. The van der Waals surface area contributed by atoms with Gasteiger partial charge in [-0.15, -0.1) is 0 Å². The fourth-order valence-electron chi connectivity index (χ4n) is 5.18. The number of ether oxygens (including phenoxy) is 1. The first-order valence-corrected chi connectivity index (χ1v) is 12.1. The summed E-state index contributed by atoms with van der Waals surface area (Å²) in [4.78, 5) is 0. The Morgan fingerprint density at radius 3 is 1.00 bits per heavy atom. The molecule has 0 aromatic heterocycles. The zero-order valence-electron chi connectivity index (χ0n) is 20.3. The van der Waals surface area contributed by atoms with Crippen LogP contribution in [0.5, 0.6) is 5.75 Å². The molecular formula is C34H30O. The van der Waals surface area contributed by atoms with Crippen LogP contribution >= 0.6 is 0 Å². The van der Waals surface area contributed by atoms with Gasteiger partial charge in [0.05, 0.1) is 7.11 Å². The van der Waals surface area contributed by atoms with Gasteiger partial charge in [-0.25, -0.2) is 0 Å². The molecule has 0 aliphatic carbocycles. The van der Waals surface area contributed by atoms with Crippen LogP contribution in [0.25, 0.3) is 0 Å². The molecule has 0 saturated carbocycles. The first-order valence-electron chi connectivity index (χ1n) is 12.1. The van der Waals surface area contributed by atoms with Crippen molar-refractivity contribution in [3.63, 3.8) is 0 Å². The summed E-state index contributed by atoms with van der Waals surface area (Å²) in [7, 11) is 1.80. The second kappa shape index (κ2) is 10.4. The van der Waals surface area contributed by atoms with E-state index in [0.29, 0.717) is 0 Å². The lowest BCUT2D eigenvalue weighted by molar-refractivity contribution is 0.403. The minimum absolute atomic E-state index is 0.0678. The van der Waals surface area contributed by atoms with Gasteiger partial charge in [0.25, 0.3) is 0 Å². The van der Waals surface area contributed by atoms with E-state index in [1.807, 2.05) is 0 Å². The van der Waals surface area contributed by atoms with Crippen LogP contribution in [0.4, 0.5) is 0 Å². The Labute approximate surface area is 208 Å². The number of methoxy groups -OCH3 is 1. The Bertz CT molecular complexity index is 1180. The van der Waals surface area contributed by atoms with Crippen molar-refractivity contribution in [1.82, 2.24) is 0 Å². The van der Waals surface area contributed by atoms with Crippen LogP contribution in [0.1, 0.15) is 50.8 Å². The number of aryl methyl sites for hydroxylation is 1. The monoisotopic (exact) mass is 454 g/mol. The third kappa shape index (κ3) is 4.76. The van der Waals surface area contributed by atoms with E-state index in [9.17, 15) is 0 Å². The highest BCUT2D eigenvalue weighted by molar-refractivity contribution is 5.58. The molecular weight excluding hydrogens is 424 g/mol. The smallest absolute Gasteiger partial charge is 0.127 e. The van der Waals surface area contributed by atoms with Crippen molar-refractivity contribution in [2.24, 2.45) is 0 Å². The average molecular weight is 455 g/mol. The fraction of sp³-hybridized carbons (Fsp3) is 0.118. The average Bonchev–Trinajstić information content (AvgIpc) is 2.91. The second-order valence-corrected chi connectivity index (χ2v) is 8.99. The molecule has 0 radical (unpaired) electrons. The quantitative estimate of drug-likeness (QED) is 0.224. The molecule has 0 amide bonds. The lowest BCUT2D eigenvalue weighted by atomic mass is 9.79. The highest BCUT2D eigenvalue weighted by atomic mass is 16.5. The second-order valence-electron chi connectivity index (χ2n) is 8.99. The highest BCUT2D eigenvalue weighted by Crippen LogP contribution is 2.45. The molecule has 1 heteroatoms. The Morgan fingerprint density at radius 1 is 0.457 bits per heavy atom. The Morgan fingerprint density at radius 2 is 0.743 bits per heavy atom. The van der Waals surface area contributed by atoms with Gasteiger partial charge in [-0.1, -0.05) is 139 Å². The summed E-state index contributed by atoms with van der Waals surface area (Å²) in [6.07, 6.45) is 0. The summed E-state index contributed by atoms with van der Waals surface area (Å²) in [6.45, 7) is 2.19. The van der Waals surface area contributed by atoms with Gasteiger partial charge in [0.2, 0.25) is 0 Å². The van der Waals surface area contributed by atoms with Crippen LogP contribution in [0.15, 0.2) is 133 Å². The summed E-state index contributed by atoms with van der Waals surface area (Å²) < 4.78 is 6.28. The van der Waals surface area contributed by atoms with Crippen molar-refractivity contribution < 1.29 is 4.74 Å². The predicted octanol–water partition coefficient (Wildman–Crippen LogP) is 8.36. The van der Waals surface area contributed by atoms with Crippen LogP contribution in [-0.2, 0) is 0 Å². The molecule has 0 N–H and O–H groups in total. The number of hydrogen-bond donors (Lipinski definition) is 0. The third-order valence-corrected chi connectivity index (χ3v) is 6.65. The maximum Gasteiger partial charge on any atom is 0.127 e. The molecule has 5 rings (SSSR count). The molecule has 0 atom stereocenters. The zero-order chi connectivity index (χ0) is 24.0. The van der Waals surface area contributed by atoms with Crippen LogP contribution in [0.3, 0.4) is 0 Å². The first kappa shape index (κ1) is 22.7. The van der Waals surface area contributed by atoms with Crippen molar-refractivity contribution >= 4 is 0 Å². The van der Waals surface area contributed by atoms with Gasteiger partial charge in [-0.05, 0) is 29.2 Å². The molecule has 0 heterocycles. The topological polar surface area (TPSA) is 9.23 Å². The van der Waals surface area contributed by atoms with Gasteiger partial charge in [-0.2, -0.15) is 0 Å². The molecule has 5 aromatic carbocycles. The molecule has 0 spiro atoms. The van der Waals surface area contributed by atoms with Crippen molar-refractivity contribution in [1.29, 1.82) is 0 Å². The van der Waals surface area contributed by atoms with Crippen molar-refractivity contribution in [3.05, 3.63) is 172 Å². The lowest BCUT2D eigenvalue weighted by Gasteiger charge is -2.27. The first-order chi connectivity index (χ1) is 17.3. The van der Waals surface area contributed by atoms with Gasteiger partial charge >= 0.3 is 0 Å². The summed E-state index contributed by atoms with van der Waals surface area (Å²) in [5.41, 5.74) is 8.63. The number of rotatable bonds is 7. The minimum atomic E-state index is 0.0678. The minimum Gasteiger partial charge on any atom is -0.496 e. The molecule has 0 unspecified atom stereocenters. The molecule has 172 valence electrons. The summed E-state index contributed by atoms with van der Waals surface area (Å²) >= 11 is 0. The van der Waals surface area contributed by atoms with Crippen LogP contribution < -0.4 is 4.74 Å². The van der Waals surface area contributed by atoms with E-state index in [1.165, 1.54) is 38.9 Å². The van der Waals surface area contributed by atoms with E-state index in [1.54, 1.807) is 7.11 Å². The van der Waals surface area contributed by atoms with Crippen molar-refractivity contribution in [2.75, 3.05) is 7.11 Å². The van der Waals surface area contributed by atoms with Crippen LogP contribution in [0, 0.1) is 6.92 Å². The van der Waals surface area contributed by atoms with Gasteiger partial charge in [0, 0.05) is 23.0 Å². The highest BCUT2D eigenvalue weighted by Gasteiger charge is 2.27. The third-order valence-electron chi connectivity index (χ3n) is 6.65. The van der Waals surface area contributed by atoms with Gasteiger partial charge in [0.15, 0.2) is 0 Å². The summed E-state index contributed by atoms with van der Waals surface area (Å²) in [6, 6.07) is 47.5. The van der Waals surface area contributed by atoms with E-state index < -0.39 is 0 Å². The zero-order valence-corrected chi connectivity index (χ0v) is 20.3.